The predicted molar refractivity (Wildman–Crippen MR) is 94.2 cm³/mol. The van der Waals surface area contributed by atoms with E-state index in [1.807, 2.05) is 30.3 Å². The van der Waals surface area contributed by atoms with Gasteiger partial charge in [0, 0.05) is 11.1 Å². The fourth-order valence-electron chi connectivity index (χ4n) is 2.76. The van der Waals surface area contributed by atoms with Crippen LogP contribution in [0.3, 0.4) is 0 Å². The van der Waals surface area contributed by atoms with Crippen LogP contribution in [0, 0.1) is 0 Å². The Morgan fingerprint density at radius 3 is 2.54 bits per heavy atom. The summed E-state index contributed by atoms with van der Waals surface area (Å²) in [7, 11) is 0. The number of carbonyl (C=O) groups excluding carboxylic acids is 2. The molecule has 1 aromatic heterocycles. The molecule has 0 saturated carbocycles. The minimum atomic E-state index is -0.631. The van der Waals surface area contributed by atoms with Crippen LogP contribution in [0.15, 0.2) is 76.7 Å². The van der Waals surface area contributed by atoms with Crippen LogP contribution in [-0.4, -0.2) is 22.6 Å². The first-order valence-corrected chi connectivity index (χ1v) is 7.95. The number of aromatic nitrogens is 1. The van der Waals surface area contributed by atoms with Gasteiger partial charge in [-0.2, -0.15) is 5.10 Å². The number of amidine groups is 1. The van der Waals surface area contributed by atoms with E-state index in [1.54, 1.807) is 30.5 Å². The summed E-state index contributed by atoms with van der Waals surface area (Å²) >= 11 is 0. The highest BCUT2D eigenvalue weighted by Crippen LogP contribution is 2.21. The van der Waals surface area contributed by atoms with Crippen molar-refractivity contribution in [2.45, 2.75) is 5.92 Å². The lowest BCUT2D eigenvalue weighted by molar-refractivity contribution is -0.120. The average Bonchev–Trinajstić information content (AvgIpc) is 3.33. The van der Waals surface area contributed by atoms with Crippen LogP contribution in [0.2, 0.25) is 0 Å². The summed E-state index contributed by atoms with van der Waals surface area (Å²) in [4.78, 5) is 28.5. The maximum atomic E-state index is 12.5. The van der Waals surface area contributed by atoms with Crippen molar-refractivity contribution in [3.8, 4) is 11.3 Å². The molecule has 128 valence electrons. The van der Waals surface area contributed by atoms with Gasteiger partial charge in [-0.1, -0.05) is 42.5 Å². The largest absolute Gasteiger partial charge is 0.444 e. The van der Waals surface area contributed by atoms with Crippen molar-refractivity contribution in [2.75, 3.05) is 0 Å². The standard InChI is InChI=1S/C19H14N4O3/c24-18(14-8-6-12(7-9-14)15-10-20-11-26-15)21-17-16(19(25)23-22-17)13-4-2-1-3-5-13/h1-11,16H,(H,23,25)(H,21,22,24)/t16-/m1/s1. The van der Waals surface area contributed by atoms with Gasteiger partial charge in [0.15, 0.2) is 12.2 Å². The molecule has 2 amide bonds. The first-order valence-electron chi connectivity index (χ1n) is 7.95. The van der Waals surface area contributed by atoms with Crippen LogP contribution in [0.1, 0.15) is 21.8 Å². The van der Waals surface area contributed by atoms with Gasteiger partial charge in [-0.05, 0) is 17.7 Å². The molecular weight excluding hydrogens is 332 g/mol. The van der Waals surface area contributed by atoms with Crippen molar-refractivity contribution in [1.82, 2.24) is 15.7 Å². The van der Waals surface area contributed by atoms with Gasteiger partial charge in [-0.3, -0.25) is 9.59 Å². The molecule has 3 aromatic rings. The molecule has 2 heterocycles. The summed E-state index contributed by atoms with van der Waals surface area (Å²) in [6.07, 6.45) is 2.95. The van der Waals surface area contributed by atoms with E-state index in [1.165, 1.54) is 6.39 Å². The minimum Gasteiger partial charge on any atom is -0.444 e. The third-order valence-electron chi connectivity index (χ3n) is 4.06. The van der Waals surface area contributed by atoms with Gasteiger partial charge < -0.3 is 9.73 Å². The van der Waals surface area contributed by atoms with E-state index in [9.17, 15) is 9.59 Å². The molecule has 1 aliphatic rings. The number of carbonyl (C=O) groups is 2. The summed E-state index contributed by atoms with van der Waals surface area (Å²) in [6.45, 7) is 0. The van der Waals surface area contributed by atoms with E-state index in [-0.39, 0.29) is 17.6 Å². The Hall–Kier alpha value is -3.74. The highest BCUT2D eigenvalue weighted by atomic mass is 16.3. The van der Waals surface area contributed by atoms with Gasteiger partial charge >= 0.3 is 0 Å². The molecule has 7 heteroatoms. The van der Waals surface area contributed by atoms with Crippen molar-refractivity contribution >= 4 is 17.6 Å². The Bertz CT molecular complexity index is 964. The second-order valence-corrected chi connectivity index (χ2v) is 5.71. The third kappa shape index (κ3) is 2.98. The summed E-state index contributed by atoms with van der Waals surface area (Å²) in [5.74, 6) is -0.340. The number of hydrazone groups is 1. The van der Waals surface area contributed by atoms with Gasteiger partial charge in [0.1, 0.15) is 11.8 Å². The van der Waals surface area contributed by atoms with Crippen LogP contribution < -0.4 is 10.7 Å². The zero-order valence-electron chi connectivity index (χ0n) is 13.5. The number of rotatable bonds is 3. The summed E-state index contributed by atoms with van der Waals surface area (Å²) in [5.41, 5.74) is 4.45. The molecule has 7 nitrogen and oxygen atoms in total. The number of oxazole rings is 1. The second-order valence-electron chi connectivity index (χ2n) is 5.71. The van der Waals surface area contributed by atoms with E-state index in [0.717, 1.165) is 11.1 Å². The average molecular weight is 346 g/mol. The van der Waals surface area contributed by atoms with E-state index in [4.69, 9.17) is 4.42 Å². The third-order valence-corrected chi connectivity index (χ3v) is 4.06. The number of amides is 2. The lowest BCUT2D eigenvalue weighted by Gasteiger charge is -2.12. The van der Waals surface area contributed by atoms with Crippen molar-refractivity contribution < 1.29 is 14.0 Å². The molecule has 2 N–H and O–H groups in total. The molecule has 1 aliphatic heterocycles. The van der Waals surface area contributed by atoms with Gasteiger partial charge in [0.25, 0.3) is 11.8 Å². The fraction of sp³-hybridized carbons (Fsp3) is 0.0526. The Labute approximate surface area is 148 Å². The van der Waals surface area contributed by atoms with Crippen LogP contribution >= 0.6 is 0 Å². The summed E-state index contributed by atoms with van der Waals surface area (Å²) in [6, 6.07) is 16.1. The van der Waals surface area contributed by atoms with Gasteiger partial charge in [-0.15, -0.1) is 0 Å². The van der Waals surface area contributed by atoms with E-state index >= 15 is 0 Å². The maximum absolute atomic E-state index is 12.5. The molecule has 2 aromatic carbocycles. The number of hydrogen-bond donors (Lipinski definition) is 2. The SMILES string of the molecule is O=C(NC1=NNC(=O)[C@@H]1c1ccccc1)c1ccc(-c2cnco2)cc1. The van der Waals surface area contributed by atoms with Gasteiger partial charge in [0.2, 0.25) is 0 Å². The Morgan fingerprint density at radius 2 is 1.85 bits per heavy atom. The molecule has 0 radical (unpaired) electrons. The van der Waals surface area contributed by atoms with E-state index in [0.29, 0.717) is 11.3 Å². The van der Waals surface area contributed by atoms with Crippen LogP contribution in [0.5, 0.6) is 0 Å². The zero-order chi connectivity index (χ0) is 17.9. The highest BCUT2D eigenvalue weighted by molar-refractivity contribution is 6.18. The predicted octanol–water partition coefficient (Wildman–Crippen LogP) is 2.30. The van der Waals surface area contributed by atoms with E-state index in [2.05, 4.69) is 20.8 Å². The Morgan fingerprint density at radius 1 is 1.08 bits per heavy atom. The van der Waals surface area contributed by atoms with Crippen molar-refractivity contribution in [3.63, 3.8) is 0 Å². The number of benzene rings is 2. The second kappa shape index (κ2) is 6.64. The molecule has 0 spiro atoms. The maximum Gasteiger partial charge on any atom is 0.256 e. The Kier molecular flexibility index (Phi) is 4.03. The van der Waals surface area contributed by atoms with Crippen molar-refractivity contribution in [2.24, 2.45) is 5.10 Å². The smallest absolute Gasteiger partial charge is 0.256 e. The highest BCUT2D eigenvalue weighted by Gasteiger charge is 2.32. The number of hydrogen-bond acceptors (Lipinski definition) is 5. The first-order chi connectivity index (χ1) is 12.7. The summed E-state index contributed by atoms with van der Waals surface area (Å²) in [5, 5.41) is 6.68. The minimum absolute atomic E-state index is 0.271. The van der Waals surface area contributed by atoms with Crippen molar-refractivity contribution in [1.29, 1.82) is 0 Å². The first kappa shape index (κ1) is 15.8. The van der Waals surface area contributed by atoms with E-state index < -0.39 is 5.92 Å². The molecule has 1 atom stereocenters. The lowest BCUT2D eigenvalue weighted by atomic mass is 9.97. The molecule has 0 aliphatic carbocycles. The Balaban J connectivity index is 1.51. The molecule has 26 heavy (non-hydrogen) atoms. The number of nitrogens with zero attached hydrogens (tertiary/aromatic N) is 2. The molecule has 4 rings (SSSR count). The molecular formula is C19H14N4O3. The van der Waals surface area contributed by atoms with Crippen molar-refractivity contribution in [3.05, 3.63) is 78.3 Å². The molecule has 0 unspecified atom stereocenters. The normalized spacial score (nSPS) is 16.1. The molecule has 0 saturated heterocycles. The zero-order valence-corrected chi connectivity index (χ0v) is 13.5. The quantitative estimate of drug-likeness (QED) is 0.760. The van der Waals surface area contributed by atoms with Crippen LogP contribution in [0.25, 0.3) is 11.3 Å². The summed E-state index contributed by atoms with van der Waals surface area (Å²) < 4.78 is 5.23. The number of nitrogens with one attached hydrogen (secondary N) is 2. The van der Waals surface area contributed by atoms with Gasteiger partial charge in [-0.25, -0.2) is 10.4 Å². The lowest BCUT2D eigenvalue weighted by Crippen LogP contribution is -2.35. The van der Waals surface area contributed by atoms with Crippen LogP contribution in [0.4, 0.5) is 0 Å². The van der Waals surface area contributed by atoms with Gasteiger partial charge in [0.05, 0.1) is 6.20 Å². The molecule has 0 bridgehead atoms. The topological polar surface area (TPSA) is 96.6 Å². The fourth-order valence-corrected chi connectivity index (χ4v) is 2.76. The molecule has 0 fully saturated rings. The van der Waals surface area contributed by atoms with Crippen LogP contribution in [-0.2, 0) is 4.79 Å². The monoisotopic (exact) mass is 346 g/mol.